The molecular weight excluding hydrogens is 408 g/mol. The molecule has 2 aromatic carbocycles. The first-order valence-electron chi connectivity index (χ1n) is 12.0. The van der Waals surface area contributed by atoms with Crippen LogP contribution >= 0.6 is 0 Å². The first-order chi connectivity index (χ1) is 16.2. The molecule has 0 bridgehead atoms. The minimum atomic E-state index is -0.827. The molecule has 2 atom stereocenters. The van der Waals surface area contributed by atoms with Crippen molar-refractivity contribution >= 4 is 5.91 Å². The topological polar surface area (TPSA) is 55.6 Å². The Kier molecular flexibility index (Phi) is 6.19. The Hall–Kier alpha value is -3.11. The quantitative estimate of drug-likeness (QED) is 0.696. The van der Waals surface area contributed by atoms with E-state index in [1.54, 1.807) is 0 Å². The molecule has 4 heteroatoms. The zero-order chi connectivity index (χ0) is 22.7. The molecule has 4 nitrogen and oxygen atoms in total. The van der Waals surface area contributed by atoms with Crippen molar-refractivity contribution in [2.45, 2.75) is 31.1 Å². The normalized spacial score (nSPS) is 21.7. The van der Waals surface area contributed by atoms with Crippen LogP contribution in [0.4, 0.5) is 0 Å². The number of likely N-dealkylation sites (tertiary alicyclic amines) is 1. The fraction of sp³-hybridized carbons (Fsp3) is 0.345. The van der Waals surface area contributed by atoms with Crippen LogP contribution in [-0.4, -0.2) is 37.0 Å². The van der Waals surface area contributed by atoms with Gasteiger partial charge in [0.25, 0.3) is 0 Å². The van der Waals surface area contributed by atoms with Crippen molar-refractivity contribution in [2.75, 3.05) is 26.2 Å². The van der Waals surface area contributed by atoms with Crippen LogP contribution in [0.2, 0.25) is 0 Å². The number of nitrogens with two attached hydrogens (primary N) is 1. The predicted octanol–water partition coefficient (Wildman–Crippen LogP) is 4.35. The molecule has 2 unspecified atom stereocenters. The Morgan fingerprint density at radius 3 is 2.88 bits per heavy atom. The van der Waals surface area contributed by atoms with E-state index in [0.29, 0.717) is 0 Å². The first-order valence-corrected chi connectivity index (χ1v) is 12.0. The van der Waals surface area contributed by atoms with Crippen molar-refractivity contribution in [3.8, 4) is 5.75 Å². The molecule has 0 radical (unpaired) electrons. The minimum absolute atomic E-state index is 0.133. The Bertz CT molecular complexity index is 1100. The van der Waals surface area contributed by atoms with Crippen LogP contribution in [0.3, 0.4) is 0 Å². The Morgan fingerprint density at radius 1 is 1.15 bits per heavy atom. The maximum absolute atomic E-state index is 13.3. The summed E-state index contributed by atoms with van der Waals surface area (Å²) in [6, 6.07) is 16.7. The second kappa shape index (κ2) is 9.40. The van der Waals surface area contributed by atoms with Gasteiger partial charge in [0.1, 0.15) is 11.2 Å². The average Bonchev–Trinajstić information content (AvgIpc) is 3.42. The summed E-state index contributed by atoms with van der Waals surface area (Å²) < 4.78 is 5.64. The van der Waals surface area contributed by atoms with Crippen molar-refractivity contribution in [2.24, 2.45) is 11.7 Å². The van der Waals surface area contributed by atoms with Gasteiger partial charge in [0.15, 0.2) is 0 Å². The van der Waals surface area contributed by atoms with Gasteiger partial charge in [-0.15, -0.1) is 0 Å². The summed E-state index contributed by atoms with van der Waals surface area (Å²) >= 11 is 0. The van der Waals surface area contributed by atoms with Gasteiger partial charge in [0.2, 0.25) is 5.91 Å². The molecule has 0 spiro atoms. The molecule has 2 heterocycles. The number of rotatable bonds is 7. The third-order valence-corrected chi connectivity index (χ3v) is 7.41. The highest BCUT2D eigenvalue weighted by Crippen LogP contribution is 2.45. The van der Waals surface area contributed by atoms with Gasteiger partial charge in [-0.05, 0) is 60.1 Å². The first kappa shape index (κ1) is 21.7. The zero-order valence-corrected chi connectivity index (χ0v) is 19.1. The minimum Gasteiger partial charge on any atom is -0.493 e. The number of carbonyl (C=O) groups excluding carboxylic acids is 1. The molecule has 2 N–H and O–H groups in total. The summed E-state index contributed by atoms with van der Waals surface area (Å²) in [5.41, 5.74) is 10.1. The number of amides is 1. The predicted molar refractivity (Wildman–Crippen MR) is 132 cm³/mol. The van der Waals surface area contributed by atoms with E-state index in [9.17, 15) is 4.79 Å². The molecular formula is C29H32N2O2. The number of primary amides is 1. The van der Waals surface area contributed by atoms with Gasteiger partial charge in [-0.2, -0.15) is 0 Å². The summed E-state index contributed by atoms with van der Waals surface area (Å²) in [6.45, 7) is 3.61. The highest BCUT2D eigenvalue weighted by atomic mass is 16.5. The van der Waals surface area contributed by atoms with E-state index in [2.05, 4.69) is 65.6 Å². The number of fused-ring (bicyclic) bond motifs is 1. The number of hydrogen-bond acceptors (Lipinski definition) is 3. The van der Waals surface area contributed by atoms with E-state index in [1.165, 1.54) is 11.1 Å². The van der Waals surface area contributed by atoms with Gasteiger partial charge >= 0.3 is 0 Å². The highest BCUT2D eigenvalue weighted by Gasteiger charge is 2.50. The fourth-order valence-electron chi connectivity index (χ4n) is 5.74. The lowest BCUT2D eigenvalue weighted by Crippen LogP contribution is -2.49. The van der Waals surface area contributed by atoms with Gasteiger partial charge in [0, 0.05) is 19.5 Å². The Morgan fingerprint density at radius 2 is 2.03 bits per heavy atom. The van der Waals surface area contributed by atoms with E-state index < -0.39 is 5.41 Å². The smallest absolute Gasteiger partial charge is 0.232 e. The Balaban J connectivity index is 1.39. The third-order valence-electron chi connectivity index (χ3n) is 7.41. The van der Waals surface area contributed by atoms with Gasteiger partial charge in [-0.25, -0.2) is 0 Å². The van der Waals surface area contributed by atoms with Crippen LogP contribution in [0.5, 0.6) is 5.75 Å². The van der Waals surface area contributed by atoms with E-state index in [1.807, 2.05) is 18.2 Å². The lowest BCUT2D eigenvalue weighted by Gasteiger charge is -2.38. The lowest BCUT2D eigenvalue weighted by atomic mass is 9.64. The zero-order valence-electron chi connectivity index (χ0n) is 19.1. The monoisotopic (exact) mass is 440 g/mol. The van der Waals surface area contributed by atoms with E-state index in [4.69, 9.17) is 10.5 Å². The summed E-state index contributed by atoms with van der Waals surface area (Å²) in [4.78, 5) is 15.8. The SMILES string of the molecule is NC(=O)C(C1=CC=CCC=C1)(c1ccccc1)C1CCN(CCc2ccc3c(c2)CCO3)C1. The lowest BCUT2D eigenvalue weighted by molar-refractivity contribution is -0.123. The van der Waals surface area contributed by atoms with E-state index >= 15 is 0 Å². The molecule has 0 aromatic heterocycles. The largest absolute Gasteiger partial charge is 0.493 e. The van der Waals surface area contributed by atoms with Crippen molar-refractivity contribution in [3.63, 3.8) is 0 Å². The molecule has 33 heavy (non-hydrogen) atoms. The number of nitrogens with zero attached hydrogens (tertiary/aromatic N) is 1. The van der Waals surface area contributed by atoms with Crippen LogP contribution in [0.1, 0.15) is 29.5 Å². The maximum atomic E-state index is 13.3. The van der Waals surface area contributed by atoms with E-state index in [-0.39, 0.29) is 11.8 Å². The van der Waals surface area contributed by atoms with Crippen molar-refractivity contribution < 1.29 is 9.53 Å². The molecule has 3 aliphatic rings. The fourth-order valence-corrected chi connectivity index (χ4v) is 5.74. The molecule has 2 aromatic rings. The summed E-state index contributed by atoms with van der Waals surface area (Å²) in [6.07, 6.45) is 14.3. The standard InChI is InChI=1S/C29H32N2O2/c30-28(32)29(25-10-6-3-7-11-25,24-8-4-1-2-5-9-24)26-15-18-31(21-26)17-14-22-12-13-27-23(20-22)16-19-33-27/h1,3-13,20,26H,2,14-19,21H2,(H2,30,32). The van der Waals surface area contributed by atoms with Crippen LogP contribution < -0.4 is 10.5 Å². The summed E-state index contributed by atoms with van der Waals surface area (Å²) in [7, 11) is 0. The van der Waals surface area contributed by atoms with Crippen molar-refractivity contribution in [1.82, 2.24) is 4.90 Å². The van der Waals surface area contributed by atoms with Crippen molar-refractivity contribution in [3.05, 3.63) is 101 Å². The molecule has 1 saturated heterocycles. The second-order valence-electron chi connectivity index (χ2n) is 9.30. The maximum Gasteiger partial charge on any atom is 0.232 e. The number of allylic oxidation sites excluding steroid dienone is 5. The molecule has 0 saturated carbocycles. The molecule has 1 aliphatic carbocycles. The van der Waals surface area contributed by atoms with Crippen LogP contribution in [0, 0.1) is 5.92 Å². The van der Waals surface area contributed by atoms with Gasteiger partial charge in [-0.1, -0.05) is 72.8 Å². The second-order valence-corrected chi connectivity index (χ2v) is 9.30. The van der Waals surface area contributed by atoms with Crippen LogP contribution in [0.25, 0.3) is 0 Å². The Labute approximate surface area is 196 Å². The number of benzene rings is 2. The van der Waals surface area contributed by atoms with Crippen molar-refractivity contribution in [1.29, 1.82) is 0 Å². The number of carbonyl (C=O) groups is 1. The molecule has 1 amide bonds. The summed E-state index contributed by atoms with van der Waals surface area (Å²) in [5.74, 6) is 0.909. The molecule has 1 fully saturated rings. The van der Waals surface area contributed by atoms with Gasteiger partial charge in [-0.3, -0.25) is 4.79 Å². The average molecular weight is 441 g/mol. The third kappa shape index (κ3) is 4.16. The number of hydrogen-bond donors (Lipinski definition) is 1. The van der Waals surface area contributed by atoms with Gasteiger partial charge < -0.3 is 15.4 Å². The molecule has 170 valence electrons. The van der Waals surface area contributed by atoms with Crippen LogP contribution in [0.15, 0.2) is 84.5 Å². The van der Waals surface area contributed by atoms with Gasteiger partial charge in [0.05, 0.1) is 6.61 Å². The van der Waals surface area contributed by atoms with E-state index in [0.717, 1.165) is 68.8 Å². The summed E-state index contributed by atoms with van der Waals surface area (Å²) in [5, 5.41) is 0. The molecule has 2 aliphatic heterocycles. The number of ether oxygens (including phenoxy) is 1. The molecule has 5 rings (SSSR count). The van der Waals surface area contributed by atoms with Crippen LogP contribution in [-0.2, 0) is 23.1 Å². The highest BCUT2D eigenvalue weighted by molar-refractivity contribution is 5.92.